The molecular weight excluding hydrogens is 316 g/mol. The number of rotatable bonds is 5. The van der Waals surface area contributed by atoms with Crippen LogP contribution in [0, 0.1) is 0 Å². The molecule has 6 heteroatoms. The molecule has 0 N–H and O–H groups in total. The van der Waals surface area contributed by atoms with E-state index in [0.717, 1.165) is 10.0 Å². The van der Waals surface area contributed by atoms with Gasteiger partial charge in [0.05, 0.1) is 0 Å². The van der Waals surface area contributed by atoms with Crippen LogP contribution in [0.15, 0.2) is 33.2 Å². The van der Waals surface area contributed by atoms with E-state index in [-0.39, 0.29) is 0 Å². The molecule has 0 unspecified atom stereocenters. The molecule has 0 bridgehead atoms. The monoisotopic (exact) mass is 328 g/mol. The Kier molecular flexibility index (Phi) is 4.66. The molecule has 1 heterocycles. The Morgan fingerprint density at radius 3 is 2.72 bits per heavy atom. The maximum atomic E-state index is 12.0. The first kappa shape index (κ1) is 13.4. The third-order valence-corrected chi connectivity index (χ3v) is 4.03. The average molecular weight is 329 g/mol. The molecule has 0 radical (unpaired) electrons. The molecule has 0 spiro atoms. The third-order valence-electron chi connectivity index (χ3n) is 2.31. The Bertz CT molecular complexity index is 557. The minimum absolute atomic E-state index is 0.305. The van der Waals surface area contributed by atoms with Crippen molar-refractivity contribution in [2.45, 2.75) is 24.9 Å². The minimum atomic E-state index is -1.04. The number of nitrogens with zero attached hydrogens (tertiary/aromatic N) is 2. The fourth-order valence-corrected chi connectivity index (χ4v) is 2.98. The molecule has 0 saturated carbocycles. The fourth-order valence-electron chi connectivity index (χ4n) is 1.49. The maximum absolute atomic E-state index is 12.0. The summed E-state index contributed by atoms with van der Waals surface area (Å²) in [4.78, 5) is 0. The molecule has 4 nitrogen and oxygen atoms in total. The zero-order chi connectivity index (χ0) is 13.0. The van der Waals surface area contributed by atoms with Crippen molar-refractivity contribution in [2.75, 3.05) is 0 Å². The molecule has 2 rings (SSSR count). The molecule has 96 valence electrons. The predicted octanol–water partition coefficient (Wildman–Crippen LogP) is 2.84. The van der Waals surface area contributed by atoms with Gasteiger partial charge in [0.1, 0.15) is 5.75 Å². The fraction of sp³-hybridized carbons (Fsp3) is 0.333. The van der Waals surface area contributed by atoms with Crippen LogP contribution in [0.3, 0.4) is 0 Å². The SMILES string of the molecule is CCc1nnc(C[S@](=O)Cc2cccc(Br)c2)o1. The number of aromatic nitrogens is 2. The van der Waals surface area contributed by atoms with Gasteiger partial charge in [0.2, 0.25) is 11.8 Å². The van der Waals surface area contributed by atoms with Gasteiger partial charge >= 0.3 is 0 Å². The molecule has 1 atom stereocenters. The topological polar surface area (TPSA) is 56.0 Å². The Morgan fingerprint density at radius 1 is 1.28 bits per heavy atom. The predicted molar refractivity (Wildman–Crippen MR) is 73.4 cm³/mol. The normalized spacial score (nSPS) is 12.6. The molecule has 0 amide bonds. The van der Waals surface area contributed by atoms with E-state index < -0.39 is 10.8 Å². The van der Waals surface area contributed by atoms with E-state index >= 15 is 0 Å². The molecule has 0 aliphatic carbocycles. The van der Waals surface area contributed by atoms with Gasteiger partial charge in [-0.3, -0.25) is 4.21 Å². The highest BCUT2D eigenvalue weighted by molar-refractivity contribution is 9.10. The Hall–Kier alpha value is -1.01. The van der Waals surface area contributed by atoms with E-state index in [0.29, 0.717) is 29.7 Å². The lowest BCUT2D eigenvalue weighted by Gasteiger charge is -2.00. The van der Waals surface area contributed by atoms with Gasteiger partial charge < -0.3 is 4.42 Å². The van der Waals surface area contributed by atoms with Gasteiger partial charge in [0.25, 0.3) is 0 Å². The summed E-state index contributed by atoms with van der Waals surface area (Å²) < 4.78 is 18.3. The minimum Gasteiger partial charge on any atom is -0.424 e. The number of benzene rings is 1. The summed E-state index contributed by atoms with van der Waals surface area (Å²) in [6, 6.07) is 7.79. The van der Waals surface area contributed by atoms with Crippen LogP contribution in [0.25, 0.3) is 0 Å². The summed E-state index contributed by atoms with van der Waals surface area (Å²) in [5, 5.41) is 7.72. The van der Waals surface area contributed by atoms with Crippen molar-refractivity contribution in [1.82, 2.24) is 10.2 Å². The van der Waals surface area contributed by atoms with E-state index in [1.165, 1.54) is 0 Å². The van der Waals surface area contributed by atoms with Gasteiger partial charge in [-0.15, -0.1) is 10.2 Å². The Morgan fingerprint density at radius 2 is 2.06 bits per heavy atom. The van der Waals surface area contributed by atoms with E-state index in [4.69, 9.17) is 4.42 Å². The van der Waals surface area contributed by atoms with Gasteiger partial charge in [0.15, 0.2) is 0 Å². The van der Waals surface area contributed by atoms with Crippen LogP contribution >= 0.6 is 15.9 Å². The van der Waals surface area contributed by atoms with Crippen LogP contribution in [0.4, 0.5) is 0 Å². The van der Waals surface area contributed by atoms with E-state index in [1.54, 1.807) is 0 Å². The summed E-state index contributed by atoms with van der Waals surface area (Å²) in [7, 11) is -1.04. The molecule has 18 heavy (non-hydrogen) atoms. The summed E-state index contributed by atoms with van der Waals surface area (Å²) in [5.41, 5.74) is 1.03. The summed E-state index contributed by atoms with van der Waals surface area (Å²) >= 11 is 3.39. The Balaban J connectivity index is 1.96. The zero-order valence-electron chi connectivity index (χ0n) is 9.93. The van der Waals surface area contributed by atoms with Crippen molar-refractivity contribution in [1.29, 1.82) is 0 Å². The number of hydrogen-bond acceptors (Lipinski definition) is 4. The van der Waals surface area contributed by atoms with E-state index in [1.807, 2.05) is 31.2 Å². The van der Waals surface area contributed by atoms with Gasteiger partial charge in [0, 0.05) is 27.4 Å². The smallest absolute Gasteiger partial charge is 0.229 e. The van der Waals surface area contributed by atoms with E-state index in [9.17, 15) is 4.21 Å². The summed E-state index contributed by atoms with van der Waals surface area (Å²) in [6.07, 6.45) is 0.700. The number of hydrogen-bond donors (Lipinski definition) is 0. The maximum Gasteiger partial charge on any atom is 0.229 e. The van der Waals surface area contributed by atoms with Gasteiger partial charge in [-0.05, 0) is 17.7 Å². The number of halogens is 1. The highest BCUT2D eigenvalue weighted by atomic mass is 79.9. The van der Waals surface area contributed by atoms with Crippen LogP contribution in [0.5, 0.6) is 0 Å². The Labute approximate surface area is 116 Å². The molecule has 0 aliphatic heterocycles. The first-order valence-electron chi connectivity index (χ1n) is 5.58. The molecule has 1 aromatic carbocycles. The first-order valence-corrected chi connectivity index (χ1v) is 7.86. The quantitative estimate of drug-likeness (QED) is 0.846. The standard InChI is InChI=1S/C12H13BrN2O2S/c1-2-11-14-15-12(17-11)8-18(16)7-9-4-3-5-10(13)6-9/h3-6H,2,7-8H2,1H3/t18-/m1/s1. The van der Waals surface area contributed by atoms with Crippen molar-refractivity contribution in [3.8, 4) is 0 Å². The largest absolute Gasteiger partial charge is 0.424 e. The van der Waals surface area contributed by atoms with Crippen LogP contribution in [0.2, 0.25) is 0 Å². The van der Waals surface area contributed by atoms with Gasteiger partial charge in [-0.2, -0.15) is 0 Å². The zero-order valence-corrected chi connectivity index (χ0v) is 12.3. The van der Waals surface area contributed by atoms with Gasteiger partial charge in [-0.1, -0.05) is 35.0 Å². The van der Waals surface area contributed by atoms with Crippen molar-refractivity contribution < 1.29 is 8.63 Å². The highest BCUT2D eigenvalue weighted by Gasteiger charge is 2.09. The molecule has 0 aliphatic rings. The van der Waals surface area contributed by atoms with Crippen molar-refractivity contribution in [2.24, 2.45) is 0 Å². The van der Waals surface area contributed by atoms with Crippen molar-refractivity contribution in [3.63, 3.8) is 0 Å². The first-order chi connectivity index (χ1) is 8.67. The lowest BCUT2D eigenvalue weighted by atomic mass is 10.2. The molecule has 0 saturated heterocycles. The van der Waals surface area contributed by atoms with Crippen LogP contribution in [-0.2, 0) is 28.7 Å². The second kappa shape index (κ2) is 6.24. The molecule has 1 aromatic heterocycles. The average Bonchev–Trinajstić information content (AvgIpc) is 2.76. The molecule has 2 aromatic rings. The lowest BCUT2D eigenvalue weighted by Crippen LogP contribution is -1.99. The van der Waals surface area contributed by atoms with Gasteiger partial charge in [-0.25, -0.2) is 0 Å². The van der Waals surface area contributed by atoms with Crippen molar-refractivity contribution in [3.05, 3.63) is 46.1 Å². The highest BCUT2D eigenvalue weighted by Crippen LogP contribution is 2.14. The summed E-state index contributed by atoms with van der Waals surface area (Å²) in [6.45, 7) is 1.94. The van der Waals surface area contributed by atoms with E-state index in [2.05, 4.69) is 26.1 Å². The number of aryl methyl sites for hydroxylation is 1. The molecule has 0 fully saturated rings. The second-order valence-electron chi connectivity index (χ2n) is 3.80. The summed E-state index contributed by atoms with van der Waals surface area (Å²) in [5.74, 6) is 1.83. The third kappa shape index (κ3) is 3.74. The van der Waals surface area contributed by atoms with Crippen LogP contribution in [-0.4, -0.2) is 14.4 Å². The lowest BCUT2D eigenvalue weighted by molar-refractivity contribution is 0.468. The van der Waals surface area contributed by atoms with Crippen molar-refractivity contribution >= 4 is 26.7 Å². The van der Waals surface area contributed by atoms with Crippen LogP contribution < -0.4 is 0 Å². The molecular formula is C12H13BrN2O2S. The van der Waals surface area contributed by atoms with Crippen LogP contribution in [0.1, 0.15) is 24.3 Å². The second-order valence-corrected chi connectivity index (χ2v) is 6.17.